The standard InChI is InChI=1S/C10H18O/c1-10-7-3-2-4-8(10)5-6-9(10)11/h8-9,11H,2-7H2,1H3/t8-,9+,10+/m0/s1. The lowest BCUT2D eigenvalue weighted by atomic mass is 9.69. The second-order valence-electron chi connectivity index (χ2n) is 4.54. The molecule has 0 radical (unpaired) electrons. The van der Waals surface area contributed by atoms with Crippen LogP contribution in [0.25, 0.3) is 0 Å². The number of aliphatic hydroxyl groups is 1. The third-order valence-corrected chi connectivity index (χ3v) is 4.00. The molecule has 2 fully saturated rings. The summed E-state index contributed by atoms with van der Waals surface area (Å²) < 4.78 is 0. The minimum Gasteiger partial charge on any atom is -0.393 e. The zero-order valence-electron chi connectivity index (χ0n) is 7.34. The van der Waals surface area contributed by atoms with Crippen LogP contribution in [-0.2, 0) is 0 Å². The Morgan fingerprint density at radius 3 is 2.73 bits per heavy atom. The van der Waals surface area contributed by atoms with E-state index in [0.29, 0.717) is 5.41 Å². The van der Waals surface area contributed by atoms with E-state index >= 15 is 0 Å². The lowest BCUT2D eigenvalue weighted by molar-refractivity contribution is 0.0138. The maximum Gasteiger partial charge on any atom is 0.0596 e. The van der Waals surface area contributed by atoms with Crippen LogP contribution in [0.5, 0.6) is 0 Å². The lowest BCUT2D eigenvalue weighted by Gasteiger charge is -2.38. The minimum atomic E-state index is 0.00722. The molecule has 0 amide bonds. The van der Waals surface area contributed by atoms with Crippen LogP contribution in [0.3, 0.4) is 0 Å². The van der Waals surface area contributed by atoms with Gasteiger partial charge in [-0.15, -0.1) is 0 Å². The molecular formula is C10H18O. The smallest absolute Gasteiger partial charge is 0.0596 e. The van der Waals surface area contributed by atoms with Crippen molar-refractivity contribution in [1.82, 2.24) is 0 Å². The first-order valence-electron chi connectivity index (χ1n) is 4.91. The van der Waals surface area contributed by atoms with Gasteiger partial charge < -0.3 is 5.11 Å². The molecule has 0 heterocycles. The summed E-state index contributed by atoms with van der Waals surface area (Å²) in [4.78, 5) is 0. The highest BCUT2D eigenvalue weighted by Crippen LogP contribution is 2.51. The van der Waals surface area contributed by atoms with Gasteiger partial charge in [0.25, 0.3) is 0 Å². The first-order valence-corrected chi connectivity index (χ1v) is 4.91. The number of rotatable bonds is 0. The van der Waals surface area contributed by atoms with Crippen LogP contribution < -0.4 is 0 Å². The van der Waals surface area contributed by atoms with Crippen molar-refractivity contribution in [1.29, 1.82) is 0 Å². The average Bonchev–Trinajstić information content (AvgIpc) is 2.29. The van der Waals surface area contributed by atoms with Gasteiger partial charge in [-0.05, 0) is 37.0 Å². The van der Waals surface area contributed by atoms with E-state index < -0.39 is 0 Å². The molecule has 0 aromatic heterocycles. The van der Waals surface area contributed by atoms with Crippen molar-refractivity contribution in [3.8, 4) is 0 Å². The van der Waals surface area contributed by atoms with Crippen molar-refractivity contribution < 1.29 is 5.11 Å². The van der Waals surface area contributed by atoms with Crippen LogP contribution in [-0.4, -0.2) is 11.2 Å². The van der Waals surface area contributed by atoms with Crippen LogP contribution >= 0.6 is 0 Å². The molecule has 0 bridgehead atoms. The summed E-state index contributed by atoms with van der Waals surface area (Å²) in [5.74, 6) is 0.839. The molecule has 1 nitrogen and oxygen atoms in total. The zero-order chi connectivity index (χ0) is 7.90. The van der Waals surface area contributed by atoms with E-state index in [2.05, 4.69) is 6.92 Å². The van der Waals surface area contributed by atoms with Gasteiger partial charge in [-0.2, -0.15) is 0 Å². The largest absolute Gasteiger partial charge is 0.393 e. The fraction of sp³-hybridized carbons (Fsp3) is 1.00. The van der Waals surface area contributed by atoms with E-state index in [9.17, 15) is 5.11 Å². The third-order valence-electron chi connectivity index (χ3n) is 4.00. The van der Waals surface area contributed by atoms with E-state index in [1.165, 1.54) is 32.1 Å². The van der Waals surface area contributed by atoms with Crippen molar-refractivity contribution in [2.24, 2.45) is 11.3 Å². The van der Waals surface area contributed by atoms with Gasteiger partial charge in [-0.3, -0.25) is 0 Å². The van der Waals surface area contributed by atoms with Gasteiger partial charge in [0.15, 0.2) is 0 Å². The molecule has 2 aliphatic rings. The molecule has 0 unspecified atom stereocenters. The molecule has 11 heavy (non-hydrogen) atoms. The molecule has 0 aromatic rings. The highest BCUT2D eigenvalue weighted by Gasteiger charge is 2.46. The lowest BCUT2D eigenvalue weighted by Crippen LogP contribution is -2.34. The van der Waals surface area contributed by atoms with E-state index in [1.54, 1.807) is 0 Å². The Labute approximate surface area is 68.8 Å². The second kappa shape index (κ2) is 2.48. The van der Waals surface area contributed by atoms with Gasteiger partial charge in [0.1, 0.15) is 0 Å². The van der Waals surface area contributed by atoms with Gasteiger partial charge >= 0.3 is 0 Å². The maximum absolute atomic E-state index is 9.78. The predicted octanol–water partition coefficient (Wildman–Crippen LogP) is 2.34. The van der Waals surface area contributed by atoms with Crippen molar-refractivity contribution in [2.45, 2.75) is 51.6 Å². The Bertz CT molecular complexity index is 153. The van der Waals surface area contributed by atoms with E-state index in [1.807, 2.05) is 0 Å². The van der Waals surface area contributed by atoms with Crippen LogP contribution in [0.4, 0.5) is 0 Å². The van der Waals surface area contributed by atoms with Gasteiger partial charge in [-0.25, -0.2) is 0 Å². The maximum atomic E-state index is 9.78. The van der Waals surface area contributed by atoms with E-state index in [-0.39, 0.29) is 6.10 Å². The SMILES string of the molecule is C[C@@]12CCCC[C@H]1CC[C@H]2O. The number of hydrogen-bond donors (Lipinski definition) is 1. The van der Waals surface area contributed by atoms with Gasteiger partial charge in [0, 0.05) is 0 Å². The van der Waals surface area contributed by atoms with Gasteiger partial charge in [-0.1, -0.05) is 19.8 Å². The Morgan fingerprint density at radius 1 is 1.18 bits per heavy atom. The molecule has 2 rings (SSSR count). The molecule has 0 aliphatic heterocycles. The Morgan fingerprint density at radius 2 is 2.00 bits per heavy atom. The number of aliphatic hydroxyl groups excluding tert-OH is 1. The fourth-order valence-electron chi connectivity index (χ4n) is 3.03. The van der Waals surface area contributed by atoms with Crippen molar-refractivity contribution in [2.75, 3.05) is 0 Å². The Kier molecular flexibility index (Phi) is 1.71. The van der Waals surface area contributed by atoms with Crippen molar-refractivity contribution in [3.63, 3.8) is 0 Å². The summed E-state index contributed by atoms with van der Waals surface area (Å²) in [6, 6.07) is 0. The van der Waals surface area contributed by atoms with Crippen LogP contribution in [0.2, 0.25) is 0 Å². The van der Waals surface area contributed by atoms with Crippen molar-refractivity contribution >= 4 is 0 Å². The highest BCUT2D eigenvalue weighted by molar-refractivity contribution is 4.96. The monoisotopic (exact) mass is 154 g/mol. The normalized spacial score (nSPS) is 50.7. The first-order chi connectivity index (χ1) is 5.23. The molecule has 0 spiro atoms. The Balaban J connectivity index is 2.16. The van der Waals surface area contributed by atoms with Crippen LogP contribution in [0, 0.1) is 11.3 Å². The summed E-state index contributed by atoms with van der Waals surface area (Å²) in [6.07, 6.45) is 7.70. The first kappa shape index (κ1) is 7.60. The molecule has 2 aliphatic carbocycles. The predicted molar refractivity (Wildman–Crippen MR) is 45.3 cm³/mol. The third kappa shape index (κ3) is 1.01. The van der Waals surface area contributed by atoms with E-state index in [4.69, 9.17) is 0 Å². The zero-order valence-corrected chi connectivity index (χ0v) is 7.34. The van der Waals surface area contributed by atoms with Gasteiger partial charge in [0.05, 0.1) is 6.10 Å². The summed E-state index contributed by atoms with van der Waals surface area (Å²) in [5, 5.41) is 9.78. The summed E-state index contributed by atoms with van der Waals surface area (Å²) in [6.45, 7) is 2.29. The van der Waals surface area contributed by atoms with Crippen LogP contribution in [0.1, 0.15) is 45.4 Å². The fourth-order valence-corrected chi connectivity index (χ4v) is 3.03. The average molecular weight is 154 g/mol. The summed E-state index contributed by atoms with van der Waals surface area (Å²) in [5.41, 5.74) is 0.304. The summed E-state index contributed by atoms with van der Waals surface area (Å²) >= 11 is 0. The quantitative estimate of drug-likeness (QED) is 0.568. The summed E-state index contributed by atoms with van der Waals surface area (Å²) in [7, 11) is 0. The van der Waals surface area contributed by atoms with Gasteiger partial charge in [0.2, 0.25) is 0 Å². The molecular weight excluding hydrogens is 136 g/mol. The topological polar surface area (TPSA) is 20.2 Å². The van der Waals surface area contributed by atoms with Crippen LogP contribution in [0.15, 0.2) is 0 Å². The van der Waals surface area contributed by atoms with E-state index in [0.717, 1.165) is 12.3 Å². The molecule has 1 heteroatoms. The molecule has 1 N–H and O–H groups in total. The minimum absolute atomic E-state index is 0.00722. The molecule has 0 saturated heterocycles. The Hall–Kier alpha value is -0.0400. The molecule has 3 atom stereocenters. The highest BCUT2D eigenvalue weighted by atomic mass is 16.3. The van der Waals surface area contributed by atoms with Crippen molar-refractivity contribution in [3.05, 3.63) is 0 Å². The molecule has 0 aromatic carbocycles. The molecule has 2 saturated carbocycles. The number of fused-ring (bicyclic) bond motifs is 1. The number of hydrogen-bond acceptors (Lipinski definition) is 1. The second-order valence-corrected chi connectivity index (χ2v) is 4.54. The molecule has 64 valence electrons.